The lowest BCUT2D eigenvalue weighted by Gasteiger charge is -2.19. The molecule has 1 amide bonds. The van der Waals surface area contributed by atoms with E-state index in [1.165, 1.54) is 16.8 Å². The number of likely N-dealkylation sites (N-methyl/N-ethyl adjacent to an activating group) is 1. The number of anilines is 2. The molecule has 0 unspecified atom stereocenters. The maximum Gasteiger partial charge on any atom is 0.238 e. The van der Waals surface area contributed by atoms with E-state index in [1.54, 1.807) is 0 Å². The van der Waals surface area contributed by atoms with Crippen molar-refractivity contribution in [3.8, 4) is 0 Å². The molecule has 0 aliphatic carbocycles. The number of rotatable bonds is 5. The van der Waals surface area contributed by atoms with E-state index in [4.69, 9.17) is 0 Å². The summed E-state index contributed by atoms with van der Waals surface area (Å²) in [6.45, 7) is 6.17. The Bertz CT molecular complexity index is 740. The second-order valence-electron chi connectivity index (χ2n) is 6.62. The minimum atomic E-state index is 0. The third-order valence-corrected chi connectivity index (χ3v) is 4.53. The van der Waals surface area contributed by atoms with Crippen LogP contribution >= 0.6 is 12.4 Å². The Morgan fingerprint density at radius 1 is 1.16 bits per heavy atom. The SMILES string of the molecule is Cc1cccc(C)c1NC(=O)CN(C)Cc1cccc2c1NCC2.Cl. The van der Waals surface area contributed by atoms with Crippen LogP contribution in [0.5, 0.6) is 0 Å². The Kier molecular flexibility index (Phi) is 6.45. The average Bonchev–Trinajstić information content (AvgIpc) is 3.00. The molecule has 134 valence electrons. The summed E-state index contributed by atoms with van der Waals surface area (Å²) in [5.41, 5.74) is 7.00. The highest BCUT2D eigenvalue weighted by molar-refractivity contribution is 5.93. The van der Waals surface area contributed by atoms with Crippen molar-refractivity contribution in [1.29, 1.82) is 0 Å². The Balaban J connectivity index is 0.00000225. The van der Waals surface area contributed by atoms with Gasteiger partial charge in [-0.1, -0.05) is 36.4 Å². The van der Waals surface area contributed by atoms with E-state index in [0.29, 0.717) is 6.54 Å². The van der Waals surface area contributed by atoms with Gasteiger partial charge in [-0.15, -0.1) is 12.4 Å². The molecule has 4 nitrogen and oxygen atoms in total. The van der Waals surface area contributed by atoms with Gasteiger partial charge in [0.05, 0.1) is 6.54 Å². The smallest absolute Gasteiger partial charge is 0.238 e. The number of para-hydroxylation sites is 2. The van der Waals surface area contributed by atoms with E-state index in [0.717, 1.165) is 36.3 Å². The molecule has 5 heteroatoms. The Morgan fingerprint density at radius 2 is 1.84 bits per heavy atom. The minimum absolute atomic E-state index is 0. The molecule has 2 N–H and O–H groups in total. The predicted octanol–water partition coefficient (Wildman–Crippen LogP) is 3.76. The van der Waals surface area contributed by atoms with Gasteiger partial charge in [-0.05, 0) is 49.6 Å². The van der Waals surface area contributed by atoms with Crippen LogP contribution in [0.1, 0.15) is 22.3 Å². The van der Waals surface area contributed by atoms with E-state index in [-0.39, 0.29) is 18.3 Å². The number of nitrogens with zero attached hydrogens (tertiary/aromatic N) is 1. The summed E-state index contributed by atoms with van der Waals surface area (Å²) >= 11 is 0. The summed E-state index contributed by atoms with van der Waals surface area (Å²) in [6.07, 6.45) is 1.08. The first-order chi connectivity index (χ1) is 11.5. The number of hydrogen-bond donors (Lipinski definition) is 2. The van der Waals surface area contributed by atoms with Crippen molar-refractivity contribution in [2.75, 3.05) is 30.8 Å². The Labute approximate surface area is 156 Å². The quantitative estimate of drug-likeness (QED) is 0.854. The van der Waals surface area contributed by atoms with Crippen molar-refractivity contribution in [3.63, 3.8) is 0 Å². The first-order valence-corrected chi connectivity index (χ1v) is 8.44. The highest BCUT2D eigenvalue weighted by Crippen LogP contribution is 2.27. The van der Waals surface area contributed by atoms with Gasteiger partial charge in [-0.3, -0.25) is 9.69 Å². The number of halogens is 1. The normalized spacial score (nSPS) is 12.3. The summed E-state index contributed by atoms with van der Waals surface area (Å²) in [4.78, 5) is 14.4. The molecule has 0 atom stereocenters. The molecule has 2 aromatic rings. The van der Waals surface area contributed by atoms with Crippen LogP contribution in [0.25, 0.3) is 0 Å². The Hall–Kier alpha value is -2.04. The highest BCUT2D eigenvalue weighted by Gasteiger charge is 2.16. The minimum Gasteiger partial charge on any atom is -0.384 e. The number of fused-ring (bicyclic) bond motifs is 1. The Morgan fingerprint density at radius 3 is 2.56 bits per heavy atom. The molecule has 1 heterocycles. The van der Waals surface area contributed by atoms with Crippen LogP contribution in [0.4, 0.5) is 11.4 Å². The lowest BCUT2D eigenvalue weighted by molar-refractivity contribution is -0.117. The van der Waals surface area contributed by atoms with Crippen LogP contribution in [0, 0.1) is 13.8 Å². The first kappa shape index (κ1) is 19.3. The van der Waals surface area contributed by atoms with Gasteiger partial charge in [0.2, 0.25) is 5.91 Å². The molecule has 3 rings (SSSR count). The molecule has 0 fully saturated rings. The second kappa shape index (κ2) is 8.37. The molecule has 0 bridgehead atoms. The van der Waals surface area contributed by atoms with Gasteiger partial charge < -0.3 is 10.6 Å². The number of carbonyl (C=O) groups is 1. The van der Waals surface area contributed by atoms with Gasteiger partial charge in [-0.2, -0.15) is 0 Å². The van der Waals surface area contributed by atoms with Gasteiger partial charge in [0.25, 0.3) is 0 Å². The van der Waals surface area contributed by atoms with E-state index in [9.17, 15) is 4.79 Å². The van der Waals surface area contributed by atoms with E-state index < -0.39 is 0 Å². The number of carbonyl (C=O) groups excluding carboxylic acids is 1. The van der Waals surface area contributed by atoms with Crippen molar-refractivity contribution in [3.05, 3.63) is 58.7 Å². The van der Waals surface area contributed by atoms with Crippen LogP contribution in [-0.2, 0) is 17.8 Å². The maximum absolute atomic E-state index is 12.4. The van der Waals surface area contributed by atoms with Crippen LogP contribution in [0.2, 0.25) is 0 Å². The van der Waals surface area contributed by atoms with Crippen molar-refractivity contribution >= 4 is 29.7 Å². The lowest BCUT2D eigenvalue weighted by Crippen LogP contribution is -2.30. The molecule has 0 radical (unpaired) electrons. The lowest BCUT2D eigenvalue weighted by atomic mass is 10.1. The van der Waals surface area contributed by atoms with Gasteiger partial charge in [-0.25, -0.2) is 0 Å². The third kappa shape index (κ3) is 4.53. The highest BCUT2D eigenvalue weighted by atomic mass is 35.5. The summed E-state index contributed by atoms with van der Waals surface area (Å²) in [5, 5.41) is 6.51. The molecule has 0 spiro atoms. The number of aryl methyl sites for hydroxylation is 2. The number of nitrogens with one attached hydrogen (secondary N) is 2. The standard InChI is InChI=1S/C20H25N3O.ClH/c1-14-6-4-7-15(2)19(14)22-18(24)13-23(3)12-17-9-5-8-16-10-11-21-20(16)17;/h4-9,21H,10-13H2,1-3H3,(H,22,24);1H. The monoisotopic (exact) mass is 359 g/mol. The van der Waals surface area contributed by atoms with Crippen molar-refractivity contribution in [1.82, 2.24) is 4.90 Å². The largest absolute Gasteiger partial charge is 0.384 e. The number of amides is 1. The van der Waals surface area contributed by atoms with Crippen LogP contribution in [0.15, 0.2) is 36.4 Å². The molecule has 0 saturated carbocycles. The summed E-state index contributed by atoms with van der Waals surface area (Å²) < 4.78 is 0. The molecule has 1 aliphatic rings. The van der Waals surface area contributed by atoms with E-state index in [2.05, 4.69) is 33.7 Å². The fraction of sp³-hybridized carbons (Fsp3) is 0.350. The van der Waals surface area contributed by atoms with E-state index in [1.807, 2.05) is 39.1 Å². The topological polar surface area (TPSA) is 44.4 Å². The molecular formula is C20H26ClN3O. The van der Waals surface area contributed by atoms with Crippen molar-refractivity contribution < 1.29 is 4.79 Å². The average molecular weight is 360 g/mol. The predicted molar refractivity (Wildman–Crippen MR) is 107 cm³/mol. The van der Waals surface area contributed by atoms with Crippen LogP contribution < -0.4 is 10.6 Å². The van der Waals surface area contributed by atoms with Gasteiger partial charge in [0.1, 0.15) is 0 Å². The fourth-order valence-electron chi connectivity index (χ4n) is 3.33. The van der Waals surface area contributed by atoms with Crippen LogP contribution in [0.3, 0.4) is 0 Å². The van der Waals surface area contributed by atoms with Gasteiger partial charge in [0, 0.05) is 24.5 Å². The zero-order valence-corrected chi connectivity index (χ0v) is 15.9. The van der Waals surface area contributed by atoms with Crippen molar-refractivity contribution in [2.24, 2.45) is 0 Å². The molecule has 25 heavy (non-hydrogen) atoms. The van der Waals surface area contributed by atoms with Crippen LogP contribution in [-0.4, -0.2) is 30.9 Å². The second-order valence-corrected chi connectivity index (χ2v) is 6.62. The van der Waals surface area contributed by atoms with Crippen molar-refractivity contribution in [2.45, 2.75) is 26.8 Å². The van der Waals surface area contributed by atoms with Gasteiger partial charge in [0.15, 0.2) is 0 Å². The summed E-state index contributed by atoms with van der Waals surface area (Å²) in [6, 6.07) is 12.5. The van der Waals surface area contributed by atoms with E-state index >= 15 is 0 Å². The third-order valence-electron chi connectivity index (χ3n) is 4.53. The molecule has 0 saturated heterocycles. The molecule has 0 aromatic heterocycles. The fourth-order valence-corrected chi connectivity index (χ4v) is 3.33. The summed E-state index contributed by atoms with van der Waals surface area (Å²) in [7, 11) is 1.98. The molecule has 1 aliphatic heterocycles. The molecular weight excluding hydrogens is 334 g/mol. The number of benzene rings is 2. The summed E-state index contributed by atoms with van der Waals surface area (Å²) in [5.74, 6) is 0.0236. The van der Waals surface area contributed by atoms with Gasteiger partial charge >= 0.3 is 0 Å². The zero-order chi connectivity index (χ0) is 17.1. The zero-order valence-electron chi connectivity index (χ0n) is 15.1. The molecule has 2 aromatic carbocycles. The first-order valence-electron chi connectivity index (χ1n) is 8.44. The number of hydrogen-bond acceptors (Lipinski definition) is 3. The maximum atomic E-state index is 12.4.